The molecule has 0 aliphatic carbocycles. The lowest BCUT2D eigenvalue weighted by atomic mass is 9.88. The molecule has 0 saturated carbocycles. The molecule has 20 heavy (non-hydrogen) atoms. The molecule has 2 rings (SSSR count). The van der Waals surface area contributed by atoms with Crippen LogP contribution in [0, 0.1) is 34.6 Å². The van der Waals surface area contributed by atoms with Gasteiger partial charge in [0.15, 0.2) is 5.78 Å². The maximum Gasteiger partial charge on any atom is 0.195 e. The van der Waals surface area contributed by atoms with Crippen molar-refractivity contribution in [2.24, 2.45) is 0 Å². The van der Waals surface area contributed by atoms with Crippen LogP contribution in [0.1, 0.15) is 43.7 Å². The Morgan fingerprint density at radius 1 is 0.900 bits per heavy atom. The molecule has 0 aromatic heterocycles. The second-order valence-electron chi connectivity index (χ2n) is 5.56. The monoisotopic (exact) mass is 267 g/mol. The van der Waals surface area contributed by atoms with E-state index in [1.807, 2.05) is 46.8 Å². The summed E-state index contributed by atoms with van der Waals surface area (Å²) in [5.74, 6) is 0.0213. The number of nitrogen functional groups attached to an aromatic ring is 1. The Morgan fingerprint density at radius 2 is 1.45 bits per heavy atom. The Hall–Kier alpha value is -2.09. The van der Waals surface area contributed by atoms with Crippen LogP contribution in [0.25, 0.3) is 0 Å². The fourth-order valence-electron chi connectivity index (χ4n) is 2.56. The summed E-state index contributed by atoms with van der Waals surface area (Å²) >= 11 is 0. The van der Waals surface area contributed by atoms with Gasteiger partial charge >= 0.3 is 0 Å². The number of ketones is 1. The average Bonchev–Trinajstić information content (AvgIpc) is 2.39. The first-order valence-electron chi connectivity index (χ1n) is 6.81. The first-order chi connectivity index (χ1) is 9.32. The molecule has 2 aromatic carbocycles. The quantitative estimate of drug-likeness (QED) is 0.659. The number of hydrogen-bond donors (Lipinski definition) is 1. The minimum absolute atomic E-state index is 0.0213. The van der Waals surface area contributed by atoms with Gasteiger partial charge in [0, 0.05) is 16.8 Å². The van der Waals surface area contributed by atoms with Crippen LogP contribution in [-0.4, -0.2) is 5.78 Å². The van der Waals surface area contributed by atoms with Crippen LogP contribution in [0.3, 0.4) is 0 Å². The molecule has 0 aliphatic heterocycles. The molecule has 0 atom stereocenters. The molecule has 0 saturated heterocycles. The third-order valence-electron chi connectivity index (χ3n) is 4.05. The highest BCUT2D eigenvalue weighted by atomic mass is 16.1. The molecule has 2 aromatic rings. The van der Waals surface area contributed by atoms with E-state index in [1.54, 1.807) is 6.07 Å². The molecule has 0 amide bonds. The van der Waals surface area contributed by atoms with Crippen molar-refractivity contribution >= 4 is 11.5 Å². The first kappa shape index (κ1) is 14.3. The van der Waals surface area contributed by atoms with E-state index in [-0.39, 0.29) is 5.78 Å². The molecule has 2 N–H and O–H groups in total. The summed E-state index contributed by atoms with van der Waals surface area (Å²) in [4.78, 5) is 12.9. The van der Waals surface area contributed by atoms with E-state index in [2.05, 4.69) is 6.07 Å². The lowest BCUT2D eigenvalue weighted by Gasteiger charge is -2.15. The molecule has 0 fully saturated rings. The number of carbonyl (C=O) groups is 1. The van der Waals surface area contributed by atoms with Gasteiger partial charge in [0.1, 0.15) is 0 Å². The zero-order chi connectivity index (χ0) is 15.0. The largest absolute Gasteiger partial charge is 0.398 e. The van der Waals surface area contributed by atoms with Gasteiger partial charge in [0.05, 0.1) is 0 Å². The molecule has 104 valence electrons. The maximum absolute atomic E-state index is 12.9. The predicted octanol–water partition coefficient (Wildman–Crippen LogP) is 4.04. The van der Waals surface area contributed by atoms with Gasteiger partial charge in [-0.1, -0.05) is 17.7 Å². The average molecular weight is 267 g/mol. The Balaban J connectivity index is 2.68. The first-order valence-corrected chi connectivity index (χ1v) is 6.81. The third-order valence-corrected chi connectivity index (χ3v) is 4.05. The Bertz CT molecular complexity index is 673. The number of hydrogen-bond acceptors (Lipinski definition) is 2. The van der Waals surface area contributed by atoms with Crippen molar-refractivity contribution in [3.63, 3.8) is 0 Å². The number of benzene rings is 2. The van der Waals surface area contributed by atoms with Gasteiger partial charge in [-0.15, -0.1) is 0 Å². The van der Waals surface area contributed by atoms with Gasteiger partial charge < -0.3 is 5.73 Å². The van der Waals surface area contributed by atoms with Crippen molar-refractivity contribution < 1.29 is 4.79 Å². The molecule has 0 heterocycles. The van der Waals surface area contributed by atoms with Gasteiger partial charge in [0.25, 0.3) is 0 Å². The molecular weight excluding hydrogens is 246 g/mol. The molecule has 0 aliphatic rings. The van der Waals surface area contributed by atoms with E-state index in [0.29, 0.717) is 11.3 Å². The van der Waals surface area contributed by atoms with Crippen molar-refractivity contribution in [3.05, 3.63) is 63.2 Å². The number of carbonyl (C=O) groups excluding carboxylic acids is 1. The minimum Gasteiger partial charge on any atom is -0.398 e. The minimum atomic E-state index is 0.0213. The SMILES string of the molecule is Cc1ccc(N)c(C(=O)c2c(C)c(C)cc(C)c2C)c1. The molecule has 2 heteroatoms. The highest BCUT2D eigenvalue weighted by Crippen LogP contribution is 2.26. The lowest BCUT2D eigenvalue weighted by Crippen LogP contribution is -2.11. The lowest BCUT2D eigenvalue weighted by molar-refractivity contribution is 0.103. The van der Waals surface area contributed by atoms with Crippen LogP contribution in [0.15, 0.2) is 24.3 Å². The summed E-state index contributed by atoms with van der Waals surface area (Å²) in [5, 5.41) is 0. The second kappa shape index (κ2) is 5.12. The van der Waals surface area contributed by atoms with E-state index in [9.17, 15) is 4.79 Å². The van der Waals surface area contributed by atoms with Crippen LogP contribution in [0.5, 0.6) is 0 Å². The number of rotatable bonds is 2. The summed E-state index contributed by atoms with van der Waals surface area (Å²) < 4.78 is 0. The normalized spacial score (nSPS) is 10.7. The Kier molecular flexibility index (Phi) is 3.67. The van der Waals surface area contributed by atoms with Gasteiger partial charge in [-0.3, -0.25) is 4.79 Å². The molecule has 0 spiro atoms. The predicted molar refractivity (Wildman–Crippen MR) is 84.4 cm³/mol. The second-order valence-corrected chi connectivity index (χ2v) is 5.56. The van der Waals surface area contributed by atoms with Crippen molar-refractivity contribution in [2.45, 2.75) is 34.6 Å². The fraction of sp³-hybridized carbons (Fsp3) is 0.278. The number of aryl methyl sites for hydroxylation is 3. The third kappa shape index (κ3) is 2.34. The summed E-state index contributed by atoms with van der Waals surface area (Å²) in [6.07, 6.45) is 0. The van der Waals surface area contributed by atoms with Crippen LogP contribution in [-0.2, 0) is 0 Å². The Labute approximate surface area is 120 Å². The zero-order valence-corrected chi connectivity index (χ0v) is 12.8. The van der Waals surface area contributed by atoms with E-state index < -0.39 is 0 Å². The van der Waals surface area contributed by atoms with Crippen LogP contribution in [0.4, 0.5) is 5.69 Å². The summed E-state index contributed by atoms with van der Waals surface area (Å²) in [6, 6.07) is 7.72. The van der Waals surface area contributed by atoms with Crippen molar-refractivity contribution in [3.8, 4) is 0 Å². The van der Waals surface area contributed by atoms with E-state index in [1.165, 1.54) is 0 Å². The molecular formula is C18H21NO. The highest BCUT2D eigenvalue weighted by molar-refractivity contribution is 6.14. The maximum atomic E-state index is 12.9. The fourth-order valence-corrected chi connectivity index (χ4v) is 2.56. The van der Waals surface area contributed by atoms with Crippen molar-refractivity contribution in [1.82, 2.24) is 0 Å². The van der Waals surface area contributed by atoms with Crippen LogP contribution >= 0.6 is 0 Å². The van der Waals surface area contributed by atoms with Gasteiger partial charge in [-0.2, -0.15) is 0 Å². The topological polar surface area (TPSA) is 43.1 Å². The van der Waals surface area contributed by atoms with Gasteiger partial charge in [-0.05, 0) is 69.0 Å². The van der Waals surface area contributed by atoms with Crippen molar-refractivity contribution in [2.75, 3.05) is 5.73 Å². The number of nitrogens with two attached hydrogens (primary N) is 1. The smallest absolute Gasteiger partial charge is 0.195 e. The molecule has 0 unspecified atom stereocenters. The van der Waals surface area contributed by atoms with E-state index in [4.69, 9.17) is 5.73 Å². The zero-order valence-electron chi connectivity index (χ0n) is 12.8. The number of anilines is 1. The Morgan fingerprint density at radius 3 is 2.00 bits per heavy atom. The summed E-state index contributed by atoms with van der Waals surface area (Å²) in [5.41, 5.74) is 13.3. The highest BCUT2D eigenvalue weighted by Gasteiger charge is 2.19. The molecule has 0 radical (unpaired) electrons. The van der Waals surface area contributed by atoms with Gasteiger partial charge in [0.2, 0.25) is 0 Å². The molecule has 0 bridgehead atoms. The van der Waals surface area contributed by atoms with Gasteiger partial charge in [-0.25, -0.2) is 0 Å². The standard InChI is InChI=1S/C18H21NO/c1-10-6-7-16(19)15(8-10)18(20)17-13(4)11(2)9-12(3)14(17)5/h6-9H,19H2,1-5H3. The van der Waals surface area contributed by atoms with Crippen molar-refractivity contribution in [1.29, 1.82) is 0 Å². The summed E-state index contributed by atoms with van der Waals surface area (Å²) in [7, 11) is 0. The van der Waals surface area contributed by atoms with Crippen LogP contribution < -0.4 is 5.73 Å². The summed E-state index contributed by atoms with van der Waals surface area (Å²) in [6.45, 7) is 10.1. The van der Waals surface area contributed by atoms with E-state index >= 15 is 0 Å². The molecule has 2 nitrogen and oxygen atoms in total. The van der Waals surface area contributed by atoms with E-state index in [0.717, 1.165) is 33.4 Å². The van der Waals surface area contributed by atoms with Crippen LogP contribution in [0.2, 0.25) is 0 Å².